The number of esters is 2. The summed E-state index contributed by atoms with van der Waals surface area (Å²) < 4.78 is 151. The first-order valence-electron chi connectivity index (χ1n) is 8.58. The molecule has 2 unspecified atom stereocenters. The molecule has 0 rings (SSSR count). The largest absolute Gasteiger partial charge is 0.455 e. The van der Waals surface area contributed by atoms with Crippen molar-refractivity contribution < 1.29 is 71.7 Å². The zero-order valence-electron chi connectivity index (χ0n) is 16.9. The SMILES string of the molecule is CCC(C)(C(=O)OCC(F)(F)F)C(F)(F)F.CCC(C)C(=O)OC(C(F)(F)F)C(F)(F)F. The van der Waals surface area contributed by atoms with Crippen LogP contribution < -0.4 is 0 Å². The molecule has 0 amide bonds. The van der Waals surface area contributed by atoms with E-state index in [0.717, 1.165) is 6.92 Å². The molecule has 32 heavy (non-hydrogen) atoms. The third kappa shape index (κ3) is 10.6. The van der Waals surface area contributed by atoms with Crippen LogP contribution in [0.25, 0.3) is 0 Å². The molecule has 192 valence electrons. The van der Waals surface area contributed by atoms with Gasteiger partial charge >= 0.3 is 36.6 Å². The Hall–Kier alpha value is -1.90. The van der Waals surface area contributed by atoms with Crippen LogP contribution in [0.5, 0.6) is 0 Å². The van der Waals surface area contributed by atoms with Gasteiger partial charge in [0, 0.05) is 0 Å². The number of hydrogen-bond acceptors (Lipinski definition) is 4. The standard InChI is InChI=1S/2C8H10F6O2/c1-3-6(2,8(12,13)14)5(15)16-4-7(9,10)11;1-3-4(2)5(15)16-6(7(9,10)11)8(12,13)14/h3-4H2,1-2H3;4,6H,3H2,1-2H3. The maximum atomic E-state index is 12.4. The molecule has 0 heterocycles. The van der Waals surface area contributed by atoms with Gasteiger partial charge in [-0.25, -0.2) is 0 Å². The van der Waals surface area contributed by atoms with Crippen LogP contribution in [0, 0.1) is 11.3 Å². The molecule has 0 N–H and O–H groups in total. The first-order valence-corrected chi connectivity index (χ1v) is 8.58. The first-order chi connectivity index (χ1) is 13.9. The summed E-state index contributed by atoms with van der Waals surface area (Å²) in [5.74, 6) is -4.44. The Bertz CT molecular complexity index is 592. The molecule has 16 heteroatoms. The highest BCUT2D eigenvalue weighted by atomic mass is 19.4. The second kappa shape index (κ2) is 11.3. The van der Waals surface area contributed by atoms with Crippen molar-refractivity contribution in [3.63, 3.8) is 0 Å². The first kappa shape index (κ1) is 32.3. The molecule has 0 saturated heterocycles. The van der Waals surface area contributed by atoms with Crippen LogP contribution in [0.2, 0.25) is 0 Å². The molecule has 0 aromatic carbocycles. The normalized spacial score (nSPS) is 15.9. The number of hydrogen-bond donors (Lipinski definition) is 0. The number of carbonyl (C=O) groups is 2. The van der Waals surface area contributed by atoms with E-state index < -0.39 is 67.1 Å². The molecule has 0 saturated carbocycles. The van der Waals surface area contributed by atoms with Gasteiger partial charge in [0.25, 0.3) is 6.10 Å². The van der Waals surface area contributed by atoms with Gasteiger partial charge in [0.15, 0.2) is 12.0 Å². The molecular weight excluding hydrogens is 484 g/mol. The lowest BCUT2D eigenvalue weighted by atomic mass is 9.87. The van der Waals surface area contributed by atoms with Crippen molar-refractivity contribution in [1.29, 1.82) is 0 Å². The minimum absolute atomic E-state index is 0.0985. The van der Waals surface area contributed by atoms with Crippen LogP contribution in [0.15, 0.2) is 0 Å². The van der Waals surface area contributed by atoms with Gasteiger partial charge in [-0.15, -0.1) is 0 Å². The van der Waals surface area contributed by atoms with Gasteiger partial charge < -0.3 is 9.47 Å². The molecule has 0 fully saturated rings. The molecule has 0 radical (unpaired) electrons. The zero-order chi connectivity index (χ0) is 26.3. The maximum absolute atomic E-state index is 12.4. The lowest BCUT2D eigenvalue weighted by Gasteiger charge is -2.28. The van der Waals surface area contributed by atoms with E-state index in [4.69, 9.17) is 0 Å². The van der Waals surface area contributed by atoms with Crippen molar-refractivity contribution in [1.82, 2.24) is 0 Å². The Balaban J connectivity index is 0. The van der Waals surface area contributed by atoms with Crippen LogP contribution in [-0.2, 0) is 19.1 Å². The van der Waals surface area contributed by atoms with E-state index in [2.05, 4.69) is 9.47 Å². The molecular formula is C16H20F12O4. The van der Waals surface area contributed by atoms with E-state index in [9.17, 15) is 62.3 Å². The summed E-state index contributed by atoms with van der Waals surface area (Å²) >= 11 is 0. The minimum Gasteiger partial charge on any atom is -0.455 e. The van der Waals surface area contributed by atoms with Gasteiger partial charge in [-0.3, -0.25) is 9.59 Å². The average molecular weight is 504 g/mol. The highest BCUT2D eigenvalue weighted by Gasteiger charge is 2.60. The van der Waals surface area contributed by atoms with Crippen molar-refractivity contribution in [2.75, 3.05) is 6.61 Å². The van der Waals surface area contributed by atoms with Crippen LogP contribution >= 0.6 is 0 Å². The minimum atomic E-state index is -5.65. The van der Waals surface area contributed by atoms with Gasteiger partial charge in [-0.1, -0.05) is 20.8 Å². The summed E-state index contributed by atoms with van der Waals surface area (Å²) in [6.45, 7) is 2.17. The summed E-state index contributed by atoms with van der Waals surface area (Å²) in [5, 5.41) is 0. The number of ether oxygens (including phenoxy) is 2. The molecule has 0 aromatic rings. The highest BCUT2D eigenvalue weighted by Crippen LogP contribution is 2.42. The van der Waals surface area contributed by atoms with Crippen molar-refractivity contribution in [3.05, 3.63) is 0 Å². The smallest absolute Gasteiger partial charge is 0.434 e. The van der Waals surface area contributed by atoms with Gasteiger partial charge in [0.1, 0.15) is 0 Å². The fraction of sp³-hybridized carbons (Fsp3) is 0.875. The molecule has 0 bridgehead atoms. The number of alkyl halides is 12. The average Bonchev–Trinajstić information content (AvgIpc) is 2.59. The Kier molecular flexibility index (Phi) is 11.4. The van der Waals surface area contributed by atoms with Gasteiger partial charge in [-0.2, -0.15) is 52.7 Å². The van der Waals surface area contributed by atoms with Crippen LogP contribution in [0.1, 0.15) is 40.5 Å². The molecule has 4 nitrogen and oxygen atoms in total. The summed E-state index contributed by atoms with van der Waals surface area (Å²) in [4.78, 5) is 21.8. The van der Waals surface area contributed by atoms with E-state index in [0.29, 0.717) is 6.92 Å². The second-order valence-electron chi connectivity index (χ2n) is 6.58. The summed E-state index contributed by atoms with van der Waals surface area (Å²) in [6.07, 6.45) is -25.7. The third-order valence-electron chi connectivity index (χ3n) is 3.99. The van der Waals surface area contributed by atoms with E-state index in [-0.39, 0.29) is 6.42 Å². The maximum Gasteiger partial charge on any atom is 0.434 e. The van der Waals surface area contributed by atoms with Crippen molar-refractivity contribution in [3.8, 4) is 0 Å². The second-order valence-corrected chi connectivity index (χ2v) is 6.58. The fourth-order valence-electron chi connectivity index (χ4n) is 1.49. The van der Waals surface area contributed by atoms with E-state index in [1.165, 1.54) is 13.8 Å². The quantitative estimate of drug-likeness (QED) is 0.322. The van der Waals surface area contributed by atoms with E-state index in [1.807, 2.05) is 0 Å². The Morgan fingerprint density at radius 3 is 1.47 bits per heavy atom. The van der Waals surface area contributed by atoms with Crippen molar-refractivity contribution in [2.45, 2.75) is 71.3 Å². The predicted octanol–water partition coefficient (Wildman–Crippen LogP) is 6.14. The summed E-state index contributed by atoms with van der Waals surface area (Å²) in [7, 11) is 0. The zero-order valence-corrected chi connectivity index (χ0v) is 16.9. The monoisotopic (exact) mass is 504 g/mol. The number of halogens is 12. The summed E-state index contributed by atoms with van der Waals surface area (Å²) in [6, 6.07) is 0. The lowest BCUT2D eigenvalue weighted by Crippen LogP contribution is -2.46. The van der Waals surface area contributed by atoms with Gasteiger partial charge in [0.2, 0.25) is 0 Å². The fourth-order valence-corrected chi connectivity index (χ4v) is 1.49. The molecule has 0 spiro atoms. The summed E-state index contributed by atoms with van der Waals surface area (Å²) in [5.41, 5.74) is -2.90. The van der Waals surface area contributed by atoms with Crippen molar-refractivity contribution >= 4 is 11.9 Å². The van der Waals surface area contributed by atoms with Gasteiger partial charge in [-0.05, 0) is 19.8 Å². The molecule has 0 aliphatic rings. The lowest BCUT2D eigenvalue weighted by molar-refractivity contribution is -0.314. The third-order valence-corrected chi connectivity index (χ3v) is 3.99. The molecule has 0 aromatic heterocycles. The Morgan fingerprint density at radius 2 is 1.22 bits per heavy atom. The topological polar surface area (TPSA) is 52.6 Å². The highest BCUT2D eigenvalue weighted by molar-refractivity contribution is 5.77. The molecule has 0 aliphatic carbocycles. The number of rotatable bonds is 6. The van der Waals surface area contributed by atoms with Crippen LogP contribution in [0.4, 0.5) is 52.7 Å². The number of carbonyl (C=O) groups excluding carboxylic acids is 2. The predicted molar refractivity (Wildman–Crippen MR) is 82.9 cm³/mol. The van der Waals surface area contributed by atoms with E-state index in [1.54, 1.807) is 0 Å². The Labute approximate surface area is 174 Å². The van der Waals surface area contributed by atoms with Gasteiger partial charge in [0.05, 0.1) is 5.92 Å². The molecule has 0 aliphatic heterocycles. The molecule has 2 atom stereocenters. The van der Waals surface area contributed by atoms with Crippen LogP contribution in [0.3, 0.4) is 0 Å². The van der Waals surface area contributed by atoms with Crippen molar-refractivity contribution in [2.24, 2.45) is 11.3 Å². The van der Waals surface area contributed by atoms with E-state index >= 15 is 0 Å². The Morgan fingerprint density at radius 1 is 0.812 bits per heavy atom. The van der Waals surface area contributed by atoms with Crippen LogP contribution in [-0.4, -0.2) is 49.4 Å².